The lowest BCUT2D eigenvalue weighted by atomic mass is 10.2. The lowest BCUT2D eigenvalue weighted by Gasteiger charge is -2.16. The van der Waals surface area contributed by atoms with Gasteiger partial charge in [0.05, 0.1) is 6.10 Å². The average molecular weight is 238 g/mol. The molecule has 0 aliphatic carbocycles. The Morgan fingerprint density at radius 2 is 2.44 bits per heavy atom. The first kappa shape index (κ1) is 11.9. The molecule has 0 radical (unpaired) electrons. The van der Waals surface area contributed by atoms with Gasteiger partial charge in [0.15, 0.2) is 0 Å². The number of rotatable bonds is 3. The van der Waals surface area contributed by atoms with Gasteiger partial charge in [-0.25, -0.2) is 4.98 Å². The summed E-state index contributed by atoms with van der Waals surface area (Å²) in [7, 11) is 0. The molecule has 2 unspecified atom stereocenters. The normalized spacial score (nSPS) is 26.9. The van der Waals surface area contributed by atoms with E-state index in [2.05, 4.69) is 18.0 Å². The monoisotopic (exact) mass is 238 g/mol. The lowest BCUT2D eigenvalue weighted by molar-refractivity contribution is 0.127. The van der Waals surface area contributed by atoms with Crippen molar-refractivity contribution in [3.8, 4) is 0 Å². The largest absolute Gasteiger partial charge is 0.377 e. The van der Waals surface area contributed by atoms with Crippen LogP contribution in [0.5, 0.6) is 0 Å². The van der Waals surface area contributed by atoms with Crippen molar-refractivity contribution < 1.29 is 4.74 Å². The van der Waals surface area contributed by atoms with Gasteiger partial charge in [0.1, 0.15) is 5.03 Å². The van der Waals surface area contributed by atoms with Crippen molar-refractivity contribution in [2.75, 3.05) is 6.61 Å². The summed E-state index contributed by atoms with van der Waals surface area (Å²) < 4.78 is 5.56. The highest BCUT2D eigenvalue weighted by molar-refractivity contribution is 8.00. The maximum absolute atomic E-state index is 5.94. The van der Waals surface area contributed by atoms with Gasteiger partial charge in [-0.15, -0.1) is 0 Å². The van der Waals surface area contributed by atoms with Gasteiger partial charge < -0.3 is 10.5 Å². The summed E-state index contributed by atoms with van der Waals surface area (Å²) in [6, 6.07) is 4.03. The van der Waals surface area contributed by atoms with Crippen LogP contribution in [0.25, 0.3) is 0 Å². The van der Waals surface area contributed by atoms with E-state index in [0.717, 1.165) is 23.6 Å². The number of nitrogens with two attached hydrogens (primary N) is 1. The Balaban J connectivity index is 2.14. The molecule has 0 aromatic carbocycles. The minimum absolute atomic E-state index is 0.0360. The Bertz CT molecular complexity index is 357. The number of ether oxygens (including phenoxy) is 1. The van der Waals surface area contributed by atoms with Crippen LogP contribution in [-0.2, 0) is 4.74 Å². The van der Waals surface area contributed by atoms with E-state index in [9.17, 15) is 0 Å². The minimum atomic E-state index is 0.0360. The smallest absolute Gasteiger partial charge is 0.101 e. The molecular formula is C12H18N2OS. The van der Waals surface area contributed by atoms with Crippen LogP contribution in [0.1, 0.15) is 31.9 Å². The maximum Gasteiger partial charge on any atom is 0.101 e. The van der Waals surface area contributed by atoms with Crippen LogP contribution in [0.3, 0.4) is 0 Å². The first-order valence-electron chi connectivity index (χ1n) is 5.67. The molecule has 0 spiro atoms. The van der Waals surface area contributed by atoms with Gasteiger partial charge in [-0.2, -0.15) is 0 Å². The maximum atomic E-state index is 5.94. The topological polar surface area (TPSA) is 48.1 Å². The molecule has 3 atom stereocenters. The molecule has 1 aromatic rings. The first-order valence-corrected chi connectivity index (χ1v) is 6.55. The zero-order valence-corrected chi connectivity index (χ0v) is 10.5. The van der Waals surface area contributed by atoms with Gasteiger partial charge in [0.25, 0.3) is 0 Å². The van der Waals surface area contributed by atoms with E-state index in [0.29, 0.717) is 11.4 Å². The fourth-order valence-electron chi connectivity index (χ4n) is 1.86. The molecule has 88 valence electrons. The van der Waals surface area contributed by atoms with Crippen molar-refractivity contribution in [2.45, 2.75) is 42.7 Å². The van der Waals surface area contributed by atoms with Crippen LogP contribution < -0.4 is 5.73 Å². The molecule has 1 aliphatic rings. The van der Waals surface area contributed by atoms with E-state index in [1.165, 1.54) is 0 Å². The minimum Gasteiger partial charge on any atom is -0.377 e. The Morgan fingerprint density at radius 3 is 3.06 bits per heavy atom. The Kier molecular flexibility index (Phi) is 3.84. The van der Waals surface area contributed by atoms with Gasteiger partial charge in [0.2, 0.25) is 0 Å². The molecule has 3 nitrogen and oxygen atoms in total. The summed E-state index contributed by atoms with van der Waals surface area (Å²) in [6.07, 6.45) is 3.24. The summed E-state index contributed by atoms with van der Waals surface area (Å²) in [6.45, 7) is 4.98. The second kappa shape index (κ2) is 5.17. The molecular weight excluding hydrogens is 220 g/mol. The van der Waals surface area contributed by atoms with E-state index in [1.54, 1.807) is 11.8 Å². The highest BCUT2D eigenvalue weighted by Crippen LogP contribution is 2.34. The van der Waals surface area contributed by atoms with Crippen molar-refractivity contribution in [1.29, 1.82) is 0 Å². The molecule has 4 heteroatoms. The SMILES string of the molecule is CC1OCCC1Sc1ncccc1[C@H](C)N. The highest BCUT2D eigenvalue weighted by Gasteiger charge is 2.26. The molecule has 1 saturated heterocycles. The molecule has 0 saturated carbocycles. The van der Waals surface area contributed by atoms with Gasteiger partial charge in [-0.05, 0) is 26.3 Å². The van der Waals surface area contributed by atoms with Crippen LogP contribution in [0.4, 0.5) is 0 Å². The van der Waals surface area contributed by atoms with E-state index < -0.39 is 0 Å². The Labute approximate surface area is 101 Å². The van der Waals surface area contributed by atoms with Crippen LogP contribution in [0.15, 0.2) is 23.4 Å². The summed E-state index contributed by atoms with van der Waals surface area (Å²) in [5.74, 6) is 0. The third-order valence-electron chi connectivity index (χ3n) is 2.86. The zero-order chi connectivity index (χ0) is 11.5. The summed E-state index contributed by atoms with van der Waals surface area (Å²) >= 11 is 1.80. The Morgan fingerprint density at radius 1 is 1.62 bits per heavy atom. The van der Waals surface area contributed by atoms with Gasteiger partial charge >= 0.3 is 0 Å². The van der Waals surface area contributed by atoms with Crippen molar-refractivity contribution in [3.05, 3.63) is 23.9 Å². The number of thioether (sulfide) groups is 1. The standard InChI is InChI=1S/C12H18N2OS/c1-8(13)10-4-3-6-14-12(10)16-11-5-7-15-9(11)2/h3-4,6,8-9,11H,5,7,13H2,1-2H3/t8-,9?,11?/m0/s1. The number of pyridine rings is 1. The first-order chi connectivity index (χ1) is 7.68. The van der Waals surface area contributed by atoms with Gasteiger partial charge in [-0.1, -0.05) is 17.8 Å². The summed E-state index contributed by atoms with van der Waals surface area (Å²) in [5, 5.41) is 1.56. The molecule has 1 aliphatic heterocycles. The van der Waals surface area contributed by atoms with E-state index >= 15 is 0 Å². The molecule has 16 heavy (non-hydrogen) atoms. The van der Waals surface area contributed by atoms with E-state index in [4.69, 9.17) is 10.5 Å². The fraction of sp³-hybridized carbons (Fsp3) is 0.583. The Hall–Kier alpha value is -0.580. The summed E-state index contributed by atoms with van der Waals surface area (Å²) in [5.41, 5.74) is 7.07. The predicted octanol–water partition coefficient (Wildman–Crippen LogP) is 2.37. The van der Waals surface area contributed by atoms with Crippen molar-refractivity contribution >= 4 is 11.8 Å². The number of aromatic nitrogens is 1. The lowest BCUT2D eigenvalue weighted by Crippen LogP contribution is -2.15. The third-order valence-corrected chi connectivity index (χ3v) is 4.35. The van der Waals surface area contributed by atoms with Gasteiger partial charge in [0, 0.05) is 29.7 Å². The molecule has 2 heterocycles. The molecule has 2 rings (SSSR count). The molecule has 2 N–H and O–H groups in total. The van der Waals surface area contributed by atoms with Crippen molar-refractivity contribution in [3.63, 3.8) is 0 Å². The second-order valence-electron chi connectivity index (χ2n) is 4.21. The van der Waals surface area contributed by atoms with Crippen LogP contribution in [-0.4, -0.2) is 22.9 Å². The summed E-state index contributed by atoms with van der Waals surface area (Å²) in [4.78, 5) is 4.43. The van der Waals surface area contributed by atoms with Crippen LogP contribution in [0, 0.1) is 0 Å². The highest BCUT2D eigenvalue weighted by atomic mass is 32.2. The molecule has 0 amide bonds. The van der Waals surface area contributed by atoms with Crippen LogP contribution in [0.2, 0.25) is 0 Å². The van der Waals surface area contributed by atoms with Gasteiger partial charge in [-0.3, -0.25) is 0 Å². The van der Waals surface area contributed by atoms with E-state index in [-0.39, 0.29) is 6.04 Å². The number of hydrogen-bond donors (Lipinski definition) is 1. The molecule has 0 bridgehead atoms. The van der Waals surface area contributed by atoms with E-state index in [1.807, 2.05) is 19.2 Å². The van der Waals surface area contributed by atoms with Crippen LogP contribution >= 0.6 is 11.8 Å². The predicted molar refractivity (Wildman–Crippen MR) is 66.5 cm³/mol. The molecule has 1 aromatic heterocycles. The second-order valence-corrected chi connectivity index (χ2v) is 5.44. The molecule has 1 fully saturated rings. The fourth-order valence-corrected chi connectivity index (χ4v) is 3.14. The quantitative estimate of drug-likeness (QED) is 0.878. The zero-order valence-electron chi connectivity index (χ0n) is 9.72. The average Bonchev–Trinajstić information content (AvgIpc) is 2.65. The number of hydrogen-bond acceptors (Lipinski definition) is 4. The number of nitrogens with zero attached hydrogens (tertiary/aromatic N) is 1. The third kappa shape index (κ3) is 2.56. The van der Waals surface area contributed by atoms with Crippen molar-refractivity contribution in [1.82, 2.24) is 4.98 Å². The van der Waals surface area contributed by atoms with Crippen molar-refractivity contribution in [2.24, 2.45) is 5.73 Å².